The lowest BCUT2D eigenvalue weighted by Crippen LogP contribution is -2.35. The monoisotopic (exact) mass is 251 g/mol. The zero-order chi connectivity index (χ0) is 13.2. The maximum absolute atomic E-state index is 12.2. The van der Waals surface area contributed by atoms with Crippen molar-refractivity contribution in [2.24, 2.45) is 0 Å². The number of para-hydroxylation sites is 2. The van der Waals surface area contributed by atoms with Gasteiger partial charge >= 0.3 is 6.09 Å². The summed E-state index contributed by atoms with van der Waals surface area (Å²) < 4.78 is 5.38. The first-order valence-corrected chi connectivity index (χ1v) is 6.14. The second-order valence-corrected chi connectivity index (χ2v) is 4.21. The quantitative estimate of drug-likeness (QED) is 0.764. The summed E-state index contributed by atoms with van der Waals surface area (Å²) in [5, 5.41) is 0. The highest BCUT2D eigenvalue weighted by molar-refractivity contribution is 6.06. The lowest BCUT2D eigenvalue weighted by atomic mass is 10.1. The van der Waals surface area contributed by atoms with Crippen LogP contribution in [0.25, 0.3) is 5.70 Å². The molecule has 0 aromatic heterocycles. The van der Waals surface area contributed by atoms with E-state index in [9.17, 15) is 4.79 Å². The van der Waals surface area contributed by atoms with Gasteiger partial charge in [-0.1, -0.05) is 36.4 Å². The number of ether oxygens (including phenoxy) is 1. The van der Waals surface area contributed by atoms with Crippen LogP contribution < -0.4 is 9.64 Å². The third-order valence-corrected chi connectivity index (χ3v) is 3.07. The molecule has 0 fully saturated rings. The van der Waals surface area contributed by atoms with E-state index in [-0.39, 0.29) is 6.09 Å². The van der Waals surface area contributed by atoms with Gasteiger partial charge in [0.05, 0.1) is 11.4 Å². The Labute approximate surface area is 111 Å². The van der Waals surface area contributed by atoms with Gasteiger partial charge in [0.25, 0.3) is 0 Å². The van der Waals surface area contributed by atoms with Crippen LogP contribution >= 0.6 is 0 Å². The number of benzene rings is 2. The predicted molar refractivity (Wildman–Crippen MR) is 75.0 cm³/mol. The van der Waals surface area contributed by atoms with Crippen molar-refractivity contribution in [3.05, 3.63) is 66.2 Å². The molecule has 1 aliphatic heterocycles. The van der Waals surface area contributed by atoms with Gasteiger partial charge in [0.2, 0.25) is 0 Å². The van der Waals surface area contributed by atoms with Gasteiger partial charge in [-0.25, -0.2) is 9.69 Å². The molecular formula is C16H13NO2. The lowest BCUT2D eigenvalue weighted by molar-refractivity contribution is 0.208. The first-order chi connectivity index (χ1) is 9.31. The first-order valence-electron chi connectivity index (χ1n) is 6.14. The molecule has 2 aromatic rings. The normalized spacial score (nSPS) is 16.2. The summed E-state index contributed by atoms with van der Waals surface area (Å²) in [7, 11) is 0. The van der Waals surface area contributed by atoms with E-state index in [4.69, 9.17) is 4.74 Å². The fourth-order valence-corrected chi connectivity index (χ4v) is 2.23. The number of nitrogens with zero attached hydrogens (tertiary/aromatic N) is 1. The van der Waals surface area contributed by atoms with Crippen LogP contribution in [0.1, 0.15) is 12.5 Å². The molecule has 0 unspecified atom stereocenters. The van der Waals surface area contributed by atoms with Crippen molar-refractivity contribution < 1.29 is 9.53 Å². The maximum atomic E-state index is 12.2. The van der Waals surface area contributed by atoms with Gasteiger partial charge in [-0.05, 0) is 31.2 Å². The molecule has 0 atom stereocenters. The Hall–Kier alpha value is -2.55. The number of allylic oxidation sites excluding steroid dienone is 1. The molecule has 0 radical (unpaired) electrons. The summed E-state index contributed by atoms with van der Waals surface area (Å²) >= 11 is 0. The average Bonchev–Trinajstić information content (AvgIpc) is 2.46. The fourth-order valence-electron chi connectivity index (χ4n) is 2.23. The molecule has 0 spiro atoms. The molecule has 1 amide bonds. The molecule has 0 saturated heterocycles. The predicted octanol–water partition coefficient (Wildman–Crippen LogP) is 4.07. The number of hydrogen-bond donors (Lipinski definition) is 0. The zero-order valence-electron chi connectivity index (χ0n) is 10.5. The van der Waals surface area contributed by atoms with Crippen molar-refractivity contribution in [2.75, 3.05) is 4.90 Å². The van der Waals surface area contributed by atoms with Gasteiger partial charge in [0, 0.05) is 5.56 Å². The van der Waals surface area contributed by atoms with Gasteiger partial charge in [0.1, 0.15) is 5.75 Å². The third-order valence-electron chi connectivity index (χ3n) is 3.07. The summed E-state index contributed by atoms with van der Waals surface area (Å²) in [5.41, 5.74) is 2.57. The topological polar surface area (TPSA) is 29.5 Å². The van der Waals surface area contributed by atoms with Crippen LogP contribution in [0.4, 0.5) is 10.5 Å². The Kier molecular flexibility index (Phi) is 2.80. The third kappa shape index (κ3) is 1.89. The number of hydrogen-bond acceptors (Lipinski definition) is 2. The average molecular weight is 251 g/mol. The minimum Gasteiger partial charge on any atom is -0.409 e. The fraction of sp³-hybridized carbons (Fsp3) is 0.0625. The van der Waals surface area contributed by atoms with E-state index in [0.29, 0.717) is 5.75 Å². The largest absolute Gasteiger partial charge is 0.424 e. The van der Waals surface area contributed by atoms with Crippen LogP contribution in [-0.4, -0.2) is 6.09 Å². The van der Waals surface area contributed by atoms with Crippen LogP contribution in [0.15, 0.2) is 60.7 Å². The molecule has 0 bridgehead atoms. The second-order valence-electron chi connectivity index (χ2n) is 4.21. The number of fused-ring (bicyclic) bond motifs is 1. The standard InChI is InChI=1S/C16H13NO2/c1-2-14-13-10-6-7-11-15(13)19-16(18)17(14)12-8-4-3-5-9-12/h2-11H,1H3/b14-2-. The van der Waals surface area contributed by atoms with Gasteiger partial charge in [-0.2, -0.15) is 0 Å². The smallest absolute Gasteiger partial charge is 0.409 e. The SMILES string of the molecule is C/C=C1/c2ccccc2OC(=O)N1c1ccccc1. The Bertz CT molecular complexity index is 647. The number of carbonyl (C=O) groups is 1. The molecule has 2 aromatic carbocycles. The zero-order valence-corrected chi connectivity index (χ0v) is 10.5. The van der Waals surface area contributed by atoms with E-state index in [1.807, 2.05) is 61.5 Å². The van der Waals surface area contributed by atoms with Crippen molar-refractivity contribution in [3.63, 3.8) is 0 Å². The van der Waals surface area contributed by atoms with Crippen molar-refractivity contribution in [3.8, 4) is 5.75 Å². The molecule has 3 rings (SSSR count). The molecular weight excluding hydrogens is 238 g/mol. The molecule has 0 N–H and O–H groups in total. The molecule has 0 aliphatic carbocycles. The first kappa shape index (κ1) is 11.5. The van der Waals surface area contributed by atoms with Crippen LogP contribution in [0.2, 0.25) is 0 Å². The molecule has 0 saturated carbocycles. The molecule has 1 aliphatic rings. The van der Waals surface area contributed by atoms with Crippen molar-refractivity contribution in [1.29, 1.82) is 0 Å². The minimum atomic E-state index is -0.377. The summed E-state index contributed by atoms with van der Waals surface area (Å²) in [6.45, 7) is 1.92. The number of anilines is 1. The molecule has 1 heterocycles. The van der Waals surface area contributed by atoms with Crippen LogP contribution in [0.5, 0.6) is 5.75 Å². The highest BCUT2D eigenvalue weighted by Gasteiger charge is 2.30. The van der Waals surface area contributed by atoms with Gasteiger partial charge in [-0.15, -0.1) is 0 Å². The van der Waals surface area contributed by atoms with Crippen molar-refractivity contribution in [2.45, 2.75) is 6.92 Å². The van der Waals surface area contributed by atoms with Crippen LogP contribution in [0.3, 0.4) is 0 Å². The Morgan fingerprint density at radius 1 is 1.00 bits per heavy atom. The van der Waals surface area contributed by atoms with E-state index in [1.54, 1.807) is 11.0 Å². The minimum absolute atomic E-state index is 0.377. The Morgan fingerprint density at radius 3 is 2.42 bits per heavy atom. The van der Waals surface area contributed by atoms with E-state index >= 15 is 0 Å². The highest BCUT2D eigenvalue weighted by Crippen LogP contribution is 2.36. The number of carbonyl (C=O) groups excluding carboxylic acids is 1. The summed E-state index contributed by atoms with van der Waals surface area (Å²) in [4.78, 5) is 13.8. The Morgan fingerprint density at radius 2 is 1.68 bits per heavy atom. The maximum Gasteiger partial charge on any atom is 0.424 e. The van der Waals surface area contributed by atoms with Gasteiger partial charge in [0.15, 0.2) is 0 Å². The molecule has 94 valence electrons. The molecule has 3 nitrogen and oxygen atoms in total. The second kappa shape index (κ2) is 4.61. The summed E-state index contributed by atoms with van der Waals surface area (Å²) in [6.07, 6.45) is 1.55. The number of amides is 1. The summed E-state index contributed by atoms with van der Waals surface area (Å²) in [6, 6.07) is 17.0. The van der Waals surface area contributed by atoms with Crippen LogP contribution in [0, 0.1) is 0 Å². The Balaban J connectivity index is 2.15. The van der Waals surface area contributed by atoms with Gasteiger partial charge in [-0.3, -0.25) is 0 Å². The summed E-state index contributed by atoms with van der Waals surface area (Å²) in [5.74, 6) is 0.604. The van der Waals surface area contributed by atoms with E-state index < -0.39 is 0 Å². The van der Waals surface area contributed by atoms with E-state index in [1.165, 1.54) is 0 Å². The van der Waals surface area contributed by atoms with E-state index in [0.717, 1.165) is 16.9 Å². The molecule has 19 heavy (non-hydrogen) atoms. The molecule has 3 heteroatoms. The van der Waals surface area contributed by atoms with Crippen molar-refractivity contribution in [1.82, 2.24) is 0 Å². The van der Waals surface area contributed by atoms with Crippen LogP contribution in [-0.2, 0) is 0 Å². The lowest BCUT2D eigenvalue weighted by Gasteiger charge is -2.30. The highest BCUT2D eigenvalue weighted by atomic mass is 16.6. The van der Waals surface area contributed by atoms with E-state index in [2.05, 4.69) is 0 Å². The number of rotatable bonds is 1. The van der Waals surface area contributed by atoms with Crippen molar-refractivity contribution >= 4 is 17.5 Å². The van der Waals surface area contributed by atoms with Gasteiger partial charge < -0.3 is 4.74 Å².